The van der Waals surface area contributed by atoms with Gasteiger partial charge in [0.2, 0.25) is 0 Å². The first-order chi connectivity index (χ1) is 8.99. The molecular weight excluding hydrogens is 270 g/mol. The summed E-state index contributed by atoms with van der Waals surface area (Å²) in [5, 5.41) is 18.3. The first-order valence-electron chi connectivity index (χ1n) is 5.50. The van der Waals surface area contributed by atoms with Crippen LogP contribution in [0.3, 0.4) is 0 Å². The molecule has 0 unspecified atom stereocenters. The second kappa shape index (κ2) is 5.23. The zero-order valence-corrected chi connectivity index (χ0v) is 10.6. The molecule has 1 aliphatic heterocycles. The molecular formula is C12H11NO5S. The molecule has 0 aliphatic carbocycles. The predicted molar refractivity (Wildman–Crippen MR) is 69.3 cm³/mol. The third-order valence-corrected chi connectivity index (χ3v) is 3.14. The lowest BCUT2D eigenvalue weighted by atomic mass is 10.0. The molecule has 0 saturated carbocycles. The Labute approximate surface area is 114 Å². The molecule has 7 heteroatoms. The third kappa shape index (κ3) is 2.82. The summed E-state index contributed by atoms with van der Waals surface area (Å²) >= 11 is 4.98. The van der Waals surface area contributed by atoms with E-state index in [-0.39, 0.29) is 11.1 Å². The number of thiocarbonyl (C=S) groups is 1. The van der Waals surface area contributed by atoms with Crippen molar-refractivity contribution in [2.75, 3.05) is 13.2 Å². The number of hydrogen-bond acceptors (Lipinski definition) is 4. The molecule has 0 atom stereocenters. The summed E-state index contributed by atoms with van der Waals surface area (Å²) in [6.07, 6.45) is 0. The van der Waals surface area contributed by atoms with E-state index in [1.54, 1.807) is 11.0 Å². The smallest absolute Gasteiger partial charge is 0.336 e. The quantitative estimate of drug-likeness (QED) is 0.802. The normalized spacial score (nSPS) is 14.3. The topological polar surface area (TPSA) is 87.1 Å². The van der Waals surface area contributed by atoms with Gasteiger partial charge in [-0.2, -0.15) is 0 Å². The lowest BCUT2D eigenvalue weighted by Gasteiger charge is -2.15. The minimum absolute atomic E-state index is 0.225. The summed E-state index contributed by atoms with van der Waals surface area (Å²) in [5.74, 6) is -2.52. The second-order valence-corrected chi connectivity index (χ2v) is 4.38. The molecule has 1 aliphatic rings. The molecule has 1 heterocycles. The highest BCUT2D eigenvalue weighted by atomic mass is 32.1. The van der Waals surface area contributed by atoms with E-state index < -0.39 is 11.9 Å². The van der Waals surface area contributed by atoms with Crippen molar-refractivity contribution in [1.29, 1.82) is 0 Å². The molecule has 0 bridgehead atoms. The van der Waals surface area contributed by atoms with Crippen molar-refractivity contribution in [3.63, 3.8) is 0 Å². The van der Waals surface area contributed by atoms with E-state index in [0.717, 1.165) is 0 Å². The van der Waals surface area contributed by atoms with Gasteiger partial charge in [-0.25, -0.2) is 9.59 Å². The second-order valence-electron chi connectivity index (χ2n) is 4.03. The van der Waals surface area contributed by atoms with E-state index in [9.17, 15) is 9.59 Å². The van der Waals surface area contributed by atoms with Crippen LogP contribution in [0.15, 0.2) is 18.2 Å². The predicted octanol–water partition coefficient (Wildman–Crippen LogP) is 1.20. The summed E-state index contributed by atoms with van der Waals surface area (Å²) in [7, 11) is 0. The molecule has 2 N–H and O–H groups in total. The Kier molecular flexibility index (Phi) is 3.66. The number of carboxylic acids is 2. The first-order valence-corrected chi connectivity index (χ1v) is 5.91. The Morgan fingerprint density at radius 3 is 2.47 bits per heavy atom. The number of rotatable bonds is 4. The molecule has 1 saturated heterocycles. The Bertz CT molecular complexity index is 557. The van der Waals surface area contributed by atoms with E-state index in [4.69, 9.17) is 27.2 Å². The van der Waals surface area contributed by atoms with Crippen molar-refractivity contribution < 1.29 is 24.5 Å². The maximum atomic E-state index is 11.1. The molecule has 1 aromatic rings. The van der Waals surface area contributed by atoms with Crippen molar-refractivity contribution >= 4 is 29.3 Å². The molecule has 1 fully saturated rings. The monoisotopic (exact) mass is 281 g/mol. The molecule has 6 nitrogen and oxygen atoms in total. The van der Waals surface area contributed by atoms with Crippen LogP contribution in [0.2, 0.25) is 0 Å². The molecule has 2 rings (SSSR count). The number of benzene rings is 1. The molecule has 1 aromatic carbocycles. The number of ether oxygens (including phenoxy) is 1. The SMILES string of the molecule is O=C(O)c1ccc(CN2CCOC2=S)cc1C(=O)O. The van der Waals surface area contributed by atoms with Crippen LogP contribution in [0.4, 0.5) is 0 Å². The molecule has 0 amide bonds. The number of aromatic carboxylic acids is 2. The van der Waals surface area contributed by atoms with Gasteiger partial charge in [0.25, 0.3) is 5.17 Å². The molecule has 19 heavy (non-hydrogen) atoms. The van der Waals surface area contributed by atoms with Crippen LogP contribution in [-0.4, -0.2) is 45.4 Å². The molecule has 0 aromatic heterocycles. The summed E-state index contributed by atoms with van der Waals surface area (Å²) in [6.45, 7) is 1.55. The largest absolute Gasteiger partial charge is 0.478 e. The minimum Gasteiger partial charge on any atom is -0.478 e. The van der Waals surface area contributed by atoms with Crippen LogP contribution >= 0.6 is 12.2 Å². The van der Waals surface area contributed by atoms with Gasteiger partial charge in [-0.05, 0) is 29.9 Å². The van der Waals surface area contributed by atoms with Crippen molar-refractivity contribution in [2.24, 2.45) is 0 Å². The lowest BCUT2D eigenvalue weighted by Crippen LogP contribution is -2.23. The van der Waals surface area contributed by atoms with Crippen LogP contribution in [0, 0.1) is 0 Å². The average Bonchev–Trinajstić information content (AvgIpc) is 2.74. The fraction of sp³-hybridized carbons (Fsp3) is 0.250. The maximum Gasteiger partial charge on any atom is 0.336 e. The van der Waals surface area contributed by atoms with Crippen LogP contribution in [-0.2, 0) is 11.3 Å². The van der Waals surface area contributed by atoms with Crippen LogP contribution < -0.4 is 0 Å². The number of nitrogens with zero attached hydrogens (tertiary/aromatic N) is 1. The zero-order valence-electron chi connectivity index (χ0n) is 9.83. The minimum atomic E-state index is -1.26. The Morgan fingerprint density at radius 2 is 1.95 bits per heavy atom. The fourth-order valence-electron chi connectivity index (χ4n) is 1.84. The van der Waals surface area contributed by atoms with Gasteiger partial charge in [0.05, 0.1) is 17.7 Å². The first kappa shape index (κ1) is 13.3. The summed E-state index contributed by atoms with van der Waals surface area (Å²) in [5.41, 5.74) is 0.225. The van der Waals surface area contributed by atoms with Gasteiger partial charge >= 0.3 is 11.9 Å². The highest BCUT2D eigenvalue weighted by Gasteiger charge is 2.20. The summed E-state index contributed by atoms with van der Waals surface area (Å²) < 4.78 is 5.12. The maximum absolute atomic E-state index is 11.1. The highest BCUT2D eigenvalue weighted by molar-refractivity contribution is 7.80. The van der Waals surface area contributed by atoms with E-state index in [1.165, 1.54) is 12.1 Å². The van der Waals surface area contributed by atoms with Gasteiger partial charge in [-0.3, -0.25) is 0 Å². The lowest BCUT2D eigenvalue weighted by molar-refractivity contribution is 0.0651. The van der Waals surface area contributed by atoms with Crippen LogP contribution in [0.1, 0.15) is 26.3 Å². The number of carboxylic acid groups (broad SMARTS) is 2. The van der Waals surface area contributed by atoms with Gasteiger partial charge in [0.1, 0.15) is 6.61 Å². The fourth-order valence-corrected chi connectivity index (χ4v) is 2.08. The van der Waals surface area contributed by atoms with Gasteiger partial charge in [0, 0.05) is 6.54 Å². The van der Waals surface area contributed by atoms with E-state index >= 15 is 0 Å². The number of hydrogen-bond donors (Lipinski definition) is 2. The van der Waals surface area contributed by atoms with E-state index in [1.807, 2.05) is 0 Å². The molecule has 0 spiro atoms. The van der Waals surface area contributed by atoms with Crippen LogP contribution in [0.5, 0.6) is 0 Å². The Balaban J connectivity index is 2.28. The van der Waals surface area contributed by atoms with Crippen molar-refractivity contribution in [3.05, 3.63) is 34.9 Å². The van der Waals surface area contributed by atoms with Crippen molar-refractivity contribution in [2.45, 2.75) is 6.54 Å². The summed E-state index contributed by atoms with van der Waals surface area (Å²) in [4.78, 5) is 23.8. The zero-order chi connectivity index (χ0) is 14.0. The molecule has 100 valence electrons. The van der Waals surface area contributed by atoms with Gasteiger partial charge in [-0.1, -0.05) is 6.07 Å². The molecule has 0 radical (unpaired) electrons. The van der Waals surface area contributed by atoms with E-state index in [2.05, 4.69) is 0 Å². The third-order valence-electron chi connectivity index (χ3n) is 2.76. The standard InChI is InChI=1S/C12H11NO5S/c14-10(15)8-2-1-7(5-9(8)11(16)17)6-13-3-4-18-12(13)19/h1-2,5H,3-4,6H2,(H,14,15)(H,16,17). The highest BCUT2D eigenvalue weighted by Crippen LogP contribution is 2.16. The van der Waals surface area contributed by atoms with Crippen molar-refractivity contribution in [1.82, 2.24) is 4.90 Å². The van der Waals surface area contributed by atoms with Gasteiger partial charge < -0.3 is 19.8 Å². The van der Waals surface area contributed by atoms with Gasteiger partial charge in [0.15, 0.2) is 0 Å². The van der Waals surface area contributed by atoms with Crippen molar-refractivity contribution in [3.8, 4) is 0 Å². The Morgan fingerprint density at radius 1 is 1.26 bits per heavy atom. The van der Waals surface area contributed by atoms with Crippen LogP contribution in [0.25, 0.3) is 0 Å². The summed E-state index contributed by atoms with van der Waals surface area (Å²) in [6, 6.07) is 4.23. The number of carbonyl (C=O) groups is 2. The van der Waals surface area contributed by atoms with E-state index in [0.29, 0.717) is 30.4 Å². The Hall–Kier alpha value is -2.15. The average molecular weight is 281 g/mol. The van der Waals surface area contributed by atoms with Gasteiger partial charge in [-0.15, -0.1) is 0 Å².